The van der Waals surface area contributed by atoms with Gasteiger partial charge < -0.3 is 41.5 Å². The van der Waals surface area contributed by atoms with Crippen molar-refractivity contribution in [3.8, 4) is 11.3 Å². The van der Waals surface area contributed by atoms with Gasteiger partial charge in [0.25, 0.3) is 0 Å². The van der Waals surface area contributed by atoms with Gasteiger partial charge in [-0.2, -0.15) is 0 Å². The molecule has 4 unspecified atom stereocenters. The number of aromatic nitrogens is 3. The number of amides is 1. The Kier molecular flexibility index (Phi) is 7.86. The van der Waals surface area contributed by atoms with Gasteiger partial charge in [0, 0.05) is 12.5 Å². The van der Waals surface area contributed by atoms with E-state index >= 15 is 0 Å². The van der Waals surface area contributed by atoms with E-state index in [0.717, 1.165) is 6.08 Å². The van der Waals surface area contributed by atoms with Crippen LogP contribution in [0.25, 0.3) is 11.3 Å². The zero-order valence-electron chi connectivity index (χ0n) is 18.9. The number of nitrogens with two attached hydrogens (primary N) is 1. The van der Waals surface area contributed by atoms with E-state index in [0.29, 0.717) is 11.3 Å². The maximum Gasteiger partial charge on any atom is 0.370 e. The van der Waals surface area contributed by atoms with E-state index in [-0.39, 0.29) is 12.1 Å². The van der Waals surface area contributed by atoms with Crippen molar-refractivity contribution in [2.75, 3.05) is 0 Å². The fourth-order valence-electron chi connectivity index (χ4n) is 3.67. The van der Waals surface area contributed by atoms with Gasteiger partial charge >= 0.3 is 11.9 Å². The molecule has 3 rings (SSSR count). The Labute approximate surface area is 203 Å². The molecular formula is C21H25N7O8. The molecule has 0 aliphatic carbocycles. The monoisotopic (exact) mass is 503 g/mol. The van der Waals surface area contributed by atoms with Crippen molar-refractivity contribution in [3.05, 3.63) is 47.9 Å². The summed E-state index contributed by atoms with van der Waals surface area (Å²) in [4.78, 5) is 34.3. The third-order valence-electron chi connectivity index (χ3n) is 5.31. The molecule has 15 nitrogen and oxygen atoms in total. The van der Waals surface area contributed by atoms with Gasteiger partial charge in [0.05, 0.1) is 30.4 Å². The number of aliphatic carboxylic acids is 1. The van der Waals surface area contributed by atoms with E-state index in [2.05, 4.69) is 20.9 Å². The summed E-state index contributed by atoms with van der Waals surface area (Å²) in [5.74, 6) is -4.16. The van der Waals surface area contributed by atoms with Crippen LogP contribution in [0, 0.1) is 5.41 Å². The lowest BCUT2D eigenvalue weighted by atomic mass is 9.92. The van der Waals surface area contributed by atoms with Gasteiger partial charge in [-0.15, -0.1) is 5.10 Å². The Morgan fingerprint density at radius 3 is 2.39 bits per heavy atom. The van der Waals surface area contributed by atoms with Crippen molar-refractivity contribution in [1.82, 2.24) is 25.6 Å². The summed E-state index contributed by atoms with van der Waals surface area (Å²) in [5.41, 5.74) is 6.41. The van der Waals surface area contributed by atoms with Crippen molar-refractivity contribution in [2.24, 2.45) is 5.73 Å². The molecule has 0 saturated carbocycles. The zero-order valence-corrected chi connectivity index (χ0v) is 18.9. The summed E-state index contributed by atoms with van der Waals surface area (Å²) >= 11 is 0. The van der Waals surface area contributed by atoms with E-state index in [4.69, 9.17) is 21.0 Å². The maximum atomic E-state index is 11.8. The number of carbonyl (C=O) groups is 3. The van der Waals surface area contributed by atoms with Crippen LogP contribution in [-0.2, 0) is 20.9 Å². The third kappa shape index (κ3) is 6.13. The van der Waals surface area contributed by atoms with Crippen LogP contribution in [0.3, 0.4) is 0 Å². The molecule has 1 aliphatic rings. The fourth-order valence-corrected chi connectivity index (χ4v) is 3.67. The van der Waals surface area contributed by atoms with Gasteiger partial charge in [0.15, 0.2) is 5.96 Å². The molecule has 2 heterocycles. The van der Waals surface area contributed by atoms with Gasteiger partial charge in [0.2, 0.25) is 11.7 Å². The molecule has 1 aromatic carbocycles. The number of hydrogen-bond acceptors (Lipinski definition) is 9. The number of carbonyl (C=O) groups excluding carboxylic acids is 1. The largest absolute Gasteiger partial charge is 0.478 e. The van der Waals surface area contributed by atoms with Crippen LogP contribution >= 0.6 is 0 Å². The fraction of sp³-hybridized carbons (Fsp3) is 0.333. The van der Waals surface area contributed by atoms with Crippen molar-refractivity contribution >= 4 is 23.8 Å². The summed E-state index contributed by atoms with van der Waals surface area (Å²) in [7, 11) is 0. The van der Waals surface area contributed by atoms with E-state index in [1.165, 1.54) is 29.9 Å². The highest BCUT2D eigenvalue weighted by atomic mass is 16.5. The molecule has 0 saturated heterocycles. The quantitative estimate of drug-likeness (QED) is 0.138. The van der Waals surface area contributed by atoms with Crippen LogP contribution in [-0.4, -0.2) is 89.6 Å². The van der Waals surface area contributed by atoms with Gasteiger partial charge in [-0.1, -0.05) is 17.3 Å². The highest BCUT2D eigenvalue weighted by Crippen LogP contribution is 2.24. The predicted octanol–water partition coefficient (Wildman–Crippen LogP) is -1.91. The molecule has 15 heteroatoms. The number of ether oxygens (including phenoxy) is 1. The molecule has 0 fully saturated rings. The van der Waals surface area contributed by atoms with Crippen LogP contribution in [0.4, 0.5) is 0 Å². The number of rotatable bonds is 9. The summed E-state index contributed by atoms with van der Waals surface area (Å²) in [5, 5.41) is 60.3. The minimum absolute atomic E-state index is 0.0956. The number of aliphatic hydroxyl groups is 2. The Balaban J connectivity index is 1.79. The van der Waals surface area contributed by atoms with Crippen molar-refractivity contribution in [1.29, 1.82) is 5.41 Å². The van der Waals surface area contributed by atoms with E-state index in [1.54, 1.807) is 12.1 Å². The molecule has 0 spiro atoms. The first-order valence-electron chi connectivity index (χ1n) is 10.6. The average Bonchev–Trinajstić information content (AvgIpc) is 3.27. The average molecular weight is 503 g/mol. The number of aliphatic hydroxyl groups excluding tert-OH is 2. The van der Waals surface area contributed by atoms with Crippen molar-refractivity contribution in [3.63, 3.8) is 0 Å². The summed E-state index contributed by atoms with van der Waals surface area (Å²) in [6, 6.07) is 3.74. The SMILES string of the molecule is CC(=O)NC1C(C(O)C(O)Cn2cc(-c3ccc(C(=O)O)cc3)nn2)OC(C(=O)O)=C[C@H]1NC(=N)N. The molecule has 0 radical (unpaired) electrons. The lowest BCUT2D eigenvalue weighted by Crippen LogP contribution is -2.64. The lowest BCUT2D eigenvalue weighted by Gasteiger charge is -2.40. The Hall–Kier alpha value is -4.50. The zero-order chi connectivity index (χ0) is 26.6. The number of hydrogen-bond donors (Lipinski definition) is 8. The van der Waals surface area contributed by atoms with Gasteiger partial charge in [-0.25, -0.2) is 14.3 Å². The number of carboxylic acids is 2. The number of benzene rings is 1. The van der Waals surface area contributed by atoms with Crippen molar-refractivity contribution in [2.45, 2.75) is 43.9 Å². The van der Waals surface area contributed by atoms with Gasteiger partial charge in [-0.05, 0) is 18.2 Å². The first-order chi connectivity index (χ1) is 17.0. The minimum Gasteiger partial charge on any atom is -0.478 e. The molecule has 1 aromatic heterocycles. The first kappa shape index (κ1) is 26.1. The summed E-state index contributed by atoms with van der Waals surface area (Å²) in [6.45, 7) is 0.909. The Morgan fingerprint density at radius 2 is 1.83 bits per heavy atom. The highest BCUT2D eigenvalue weighted by Gasteiger charge is 2.44. The molecule has 192 valence electrons. The molecular weight excluding hydrogens is 478 g/mol. The highest BCUT2D eigenvalue weighted by molar-refractivity contribution is 5.88. The first-order valence-corrected chi connectivity index (χ1v) is 10.6. The smallest absolute Gasteiger partial charge is 0.370 e. The van der Waals surface area contributed by atoms with E-state index < -0.39 is 60.0 Å². The predicted molar refractivity (Wildman–Crippen MR) is 121 cm³/mol. The third-order valence-corrected chi connectivity index (χ3v) is 5.31. The number of aromatic carboxylic acids is 1. The number of guanidine groups is 1. The van der Waals surface area contributed by atoms with Crippen molar-refractivity contribution < 1.29 is 39.5 Å². The molecule has 2 aromatic rings. The number of nitrogens with zero attached hydrogens (tertiary/aromatic N) is 3. The van der Waals surface area contributed by atoms with E-state index in [1.807, 2.05) is 0 Å². The van der Waals surface area contributed by atoms with Crippen LogP contribution < -0.4 is 16.4 Å². The second kappa shape index (κ2) is 10.8. The molecule has 36 heavy (non-hydrogen) atoms. The second-order valence-corrected chi connectivity index (χ2v) is 7.99. The van der Waals surface area contributed by atoms with Crippen LogP contribution in [0.1, 0.15) is 17.3 Å². The number of carboxylic acid groups (broad SMARTS) is 2. The number of nitrogens with one attached hydrogen (secondary N) is 3. The Morgan fingerprint density at radius 1 is 1.17 bits per heavy atom. The standard InChI is InChI=1S/C21H25N7O8/c1-9(29)24-16-12(25-21(22)23)6-15(20(34)35)36-18(16)17(31)14(30)8-28-7-13(26-27-28)10-2-4-11(5-3-10)19(32)33/h2-7,12,14,16-18,30-31H,8H2,1H3,(H,24,29)(H,32,33)(H,34,35)(H4,22,23,25)/t12-,14?,16?,17?,18?/m1/s1. The molecule has 1 amide bonds. The summed E-state index contributed by atoms with van der Waals surface area (Å²) in [6.07, 6.45) is -2.16. The minimum atomic E-state index is -1.72. The molecule has 5 atom stereocenters. The van der Waals surface area contributed by atoms with Crippen LogP contribution in [0.2, 0.25) is 0 Å². The van der Waals surface area contributed by atoms with Crippen LogP contribution in [0.15, 0.2) is 42.3 Å². The van der Waals surface area contributed by atoms with Crippen LogP contribution in [0.5, 0.6) is 0 Å². The Bertz CT molecular complexity index is 1180. The molecule has 9 N–H and O–H groups in total. The summed E-state index contributed by atoms with van der Waals surface area (Å²) < 4.78 is 6.62. The topological polar surface area (TPSA) is 246 Å². The molecule has 0 bridgehead atoms. The maximum absolute atomic E-state index is 11.8. The van der Waals surface area contributed by atoms with Gasteiger partial charge in [0.1, 0.15) is 24.0 Å². The molecule has 1 aliphatic heterocycles. The van der Waals surface area contributed by atoms with E-state index in [9.17, 15) is 29.7 Å². The lowest BCUT2D eigenvalue weighted by molar-refractivity contribution is -0.145. The normalized spacial score (nSPS) is 20.9. The second-order valence-electron chi connectivity index (χ2n) is 7.99. The van der Waals surface area contributed by atoms with Gasteiger partial charge in [-0.3, -0.25) is 10.2 Å².